The summed E-state index contributed by atoms with van der Waals surface area (Å²) in [4.78, 5) is 4.20. The molecule has 0 saturated carbocycles. The van der Waals surface area contributed by atoms with Crippen molar-refractivity contribution in [2.45, 2.75) is 32.9 Å². The summed E-state index contributed by atoms with van der Waals surface area (Å²) in [7, 11) is 0. The molecule has 1 aromatic carbocycles. The molecule has 0 aliphatic heterocycles. The van der Waals surface area contributed by atoms with Crippen LogP contribution in [0.15, 0.2) is 30.7 Å². The largest absolute Gasteiger partial charge is 0.306 e. The zero-order chi connectivity index (χ0) is 14.0. The number of hydrogen-bond donors (Lipinski definition) is 1. The minimum absolute atomic E-state index is 0.0566. The Morgan fingerprint density at radius 1 is 1.16 bits per heavy atom. The molecule has 0 bridgehead atoms. The lowest BCUT2D eigenvalue weighted by Crippen LogP contribution is -2.35. The third kappa shape index (κ3) is 3.96. The van der Waals surface area contributed by atoms with E-state index in [1.165, 1.54) is 0 Å². The molecule has 0 radical (unpaired) electrons. The smallest absolute Gasteiger partial charge is 0.0994 e. The SMILES string of the molecule is CC(C)(C)NCc1cncn1-c1cc(Cl)cc(Cl)c1. The van der Waals surface area contributed by atoms with Gasteiger partial charge in [0, 0.05) is 34.0 Å². The van der Waals surface area contributed by atoms with Gasteiger partial charge in [-0.25, -0.2) is 4.98 Å². The van der Waals surface area contributed by atoms with E-state index in [-0.39, 0.29) is 5.54 Å². The fraction of sp³-hybridized carbons (Fsp3) is 0.357. The molecule has 1 N–H and O–H groups in total. The Kier molecular flexibility index (Phi) is 4.19. The van der Waals surface area contributed by atoms with E-state index >= 15 is 0 Å². The average Bonchev–Trinajstić information content (AvgIpc) is 2.72. The van der Waals surface area contributed by atoms with Crippen molar-refractivity contribution in [3.8, 4) is 5.69 Å². The van der Waals surface area contributed by atoms with Crippen LogP contribution < -0.4 is 5.32 Å². The van der Waals surface area contributed by atoms with E-state index in [4.69, 9.17) is 23.2 Å². The third-order valence-electron chi connectivity index (χ3n) is 2.64. The van der Waals surface area contributed by atoms with Crippen molar-refractivity contribution in [1.29, 1.82) is 0 Å². The van der Waals surface area contributed by atoms with Gasteiger partial charge >= 0.3 is 0 Å². The highest BCUT2D eigenvalue weighted by Crippen LogP contribution is 2.22. The maximum Gasteiger partial charge on any atom is 0.0994 e. The van der Waals surface area contributed by atoms with Crippen molar-refractivity contribution < 1.29 is 0 Å². The maximum atomic E-state index is 6.04. The minimum Gasteiger partial charge on any atom is -0.306 e. The molecule has 0 unspecified atom stereocenters. The van der Waals surface area contributed by atoms with Crippen LogP contribution in [0.3, 0.4) is 0 Å². The molecule has 0 atom stereocenters. The normalized spacial score (nSPS) is 11.8. The van der Waals surface area contributed by atoms with E-state index < -0.39 is 0 Å². The summed E-state index contributed by atoms with van der Waals surface area (Å²) < 4.78 is 1.98. The van der Waals surface area contributed by atoms with Crippen molar-refractivity contribution in [3.63, 3.8) is 0 Å². The van der Waals surface area contributed by atoms with Crippen LogP contribution in [0.1, 0.15) is 26.5 Å². The molecule has 1 aromatic heterocycles. The second kappa shape index (κ2) is 5.53. The number of imidazole rings is 1. The first kappa shape index (κ1) is 14.4. The van der Waals surface area contributed by atoms with Crippen molar-refractivity contribution in [3.05, 3.63) is 46.5 Å². The zero-order valence-electron chi connectivity index (χ0n) is 11.2. The maximum absolute atomic E-state index is 6.04. The molecule has 2 aromatic rings. The van der Waals surface area contributed by atoms with Gasteiger partial charge in [0.25, 0.3) is 0 Å². The summed E-state index contributed by atoms with van der Waals surface area (Å²) in [6.45, 7) is 7.12. The van der Waals surface area contributed by atoms with Crippen molar-refractivity contribution in [2.24, 2.45) is 0 Å². The number of aromatic nitrogens is 2. The Balaban J connectivity index is 2.28. The summed E-state index contributed by atoms with van der Waals surface area (Å²) in [5.41, 5.74) is 2.04. The first-order chi connectivity index (χ1) is 8.85. The molecule has 0 aliphatic carbocycles. The predicted octanol–water partition coefficient (Wildman–Crippen LogP) is 4.07. The Morgan fingerprint density at radius 2 is 1.79 bits per heavy atom. The highest BCUT2D eigenvalue weighted by atomic mass is 35.5. The molecule has 2 rings (SSSR count). The van der Waals surface area contributed by atoms with Crippen LogP contribution in [0.2, 0.25) is 10.0 Å². The Bertz CT molecular complexity index is 550. The topological polar surface area (TPSA) is 29.9 Å². The first-order valence-corrected chi connectivity index (χ1v) is 6.83. The van der Waals surface area contributed by atoms with Crippen LogP contribution in [0.5, 0.6) is 0 Å². The number of halogens is 2. The lowest BCUT2D eigenvalue weighted by molar-refractivity contribution is 0.419. The first-order valence-electron chi connectivity index (χ1n) is 6.08. The standard InChI is InChI=1S/C14H17Cl2N3/c1-14(2,3)18-8-13-7-17-9-19(13)12-5-10(15)4-11(16)6-12/h4-7,9,18H,8H2,1-3H3. The second-order valence-electron chi connectivity index (χ2n) is 5.49. The average molecular weight is 298 g/mol. The summed E-state index contributed by atoms with van der Waals surface area (Å²) in [5, 5.41) is 4.67. The van der Waals surface area contributed by atoms with Crippen LogP contribution in [0.4, 0.5) is 0 Å². The van der Waals surface area contributed by atoms with Gasteiger partial charge < -0.3 is 9.88 Å². The summed E-state index contributed by atoms with van der Waals surface area (Å²) in [6.07, 6.45) is 3.61. The van der Waals surface area contributed by atoms with Gasteiger partial charge in [0.05, 0.1) is 12.0 Å². The van der Waals surface area contributed by atoms with E-state index in [1.54, 1.807) is 12.4 Å². The molecule has 0 fully saturated rings. The van der Waals surface area contributed by atoms with Gasteiger partial charge in [0.1, 0.15) is 0 Å². The van der Waals surface area contributed by atoms with E-state index in [1.807, 2.05) is 22.9 Å². The summed E-state index contributed by atoms with van der Waals surface area (Å²) >= 11 is 12.1. The van der Waals surface area contributed by atoms with E-state index in [0.717, 1.165) is 17.9 Å². The van der Waals surface area contributed by atoms with E-state index in [2.05, 4.69) is 31.1 Å². The van der Waals surface area contributed by atoms with Crippen molar-refractivity contribution >= 4 is 23.2 Å². The monoisotopic (exact) mass is 297 g/mol. The lowest BCUT2D eigenvalue weighted by atomic mass is 10.1. The zero-order valence-corrected chi connectivity index (χ0v) is 12.8. The van der Waals surface area contributed by atoms with E-state index in [0.29, 0.717) is 10.0 Å². The molecule has 0 spiro atoms. The quantitative estimate of drug-likeness (QED) is 0.925. The fourth-order valence-electron chi connectivity index (χ4n) is 1.72. The Morgan fingerprint density at radius 3 is 2.37 bits per heavy atom. The second-order valence-corrected chi connectivity index (χ2v) is 6.36. The highest BCUT2D eigenvalue weighted by molar-refractivity contribution is 6.34. The van der Waals surface area contributed by atoms with E-state index in [9.17, 15) is 0 Å². The molecule has 19 heavy (non-hydrogen) atoms. The molecule has 0 amide bonds. The number of hydrogen-bond acceptors (Lipinski definition) is 2. The molecule has 1 heterocycles. The van der Waals surface area contributed by atoms with Gasteiger partial charge in [0.2, 0.25) is 0 Å². The Labute approximate surface area is 123 Å². The Hall–Kier alpha value is -1.03. The third-order valence-corrected chi connectivity index (χ3v) is 3.08. The predicted molar refractivity (Wildman–Crippen MR) is 80.2 cm³/mol. The molecule has 5 heteroatoms. The van der Waals surface area contributed by atoms with Crippen LogP contribution >= 0.6 is 23.2 Å². The van der Waals surface area contributed by atoms with Crippen molar-refractivity contribution in [1.82, 2.24) is 14.9 Å². The number of nitrogens with one attached hydrogen (secondary N) is 1. The van der Waals surface area contributed by atoms with Gasteiger partial charge in [0.15, 0.2) is 0 Å². The number of benzene rings is 1. The number of nitrogens with zero attached hydrogens (tertiary/aromatic N) is 2. The van der Waals surface area contributed by atoms with Crippen molar-refractivity contribution in [2.75, 3.05) is 0 Å². The summed E-state index contributed by atoms with van der Waals surface area (Å²) in [5.74, 6) is 0. The van der Waals surface area contributed by atoms with Gasteiger partial charge in [-0.15, -0.1) is 0 Å². The summed E-state index contributed by atoms with van der Waals surface area (Å²) in [6, 6.07) is 5.46. The van der Waals surface area contributed by atoms with Gasteiger partial charge in [-0.05, 0) is 39.0 Å². The lowest BCUT2D eigenvalue weighted by Gasteiger charge is -2.21. The molecular weight excluding hydrogens is 281 g/mol. The van der Waals surface area contributed by atoms with Crippen LogP contribution in [0, 0.1) is 0 Å². The molecule has 0 aliphatic rings. The molecule has 0 saturated heterocycles. The fourth-order valence-corrected chi connectivity index (χ4v) is 2.23. The van der Waals surface area contributed by atoms with Gasteiger partial charge in [-0.2, -0.15) is 0 Å². The molecule has 102 valence electrons. The minimum atomic E-state index is 0.0566. The van der Waals surface area contributed by atoms with Crippen LogP contribution in [-0.4, -0.2) is 15.1 Å². The van der Waals surface area contributed by atoms with Gasteiger partial charge in [-0.3, -0.25) is 0 Å². The van der Waals surface area contributed by atoms with Crippen LogP contribution in [-0.2, 0) is 6.54 Å². The molecule has 3 nitrogen and oxygen atoms in total. The number of rotatable bonds is 3. The molecular formula is C14H17Cl2N3. The highest BCUT2D eigenvalue weighted by Gasteiger charge is 2.11. The van der Waals surface area contributed by atoms with Gasteiger partial charge in [-0.1, -0.05) is 23.2 Å². The van der Waals surface area contributed by atoms with Crippen LogP contribution in [0.25, 0.3) is 5.69 Å².